The van der Waals surface area contributed by atoms with Crippen LogP contribution in [0.5, 0.6) is 0 Å². The standard InChI is InChI=1S/C57H57BN3S.C13H11FN.Ir/c1-54(2,3)38-20-24-42(25-21-38)60-46-26-22-39(55(4,5)6)31-43(46)58-44-32-41(57(10,11)12)34-51-53(44)61(47-27-23-40(56(7,8)9)33-50(47)62-51)49-30-37(29-48(60)52(49)58)35-16-18-36(19-17-35)45-15-13-14-28-59-45;1-9-7-13(15-8-10(9)2)11-3-5-12(14)6-4-11;/h13-18,20-34H,1-12H3;3,5-8H,1-2H3;/q2*-1;. The van der Waals surface area contributed by atoms with E-state index in [-0.39, 0.29) is 54.3 Å². The minimum absolute atomic E-state index is 0. The second-order valence-corrected chi connectivity index (χ2v) is 26.4. The van der Waals surface area contributed by atoms with Gasteiger partial charge in [0.25, 0.3) is 6.71 Å². The average Bonchev–Trinajstić information content (AvgIpc) is 2.94. The third-order valence-electron chi connectivity index (χ3n) is 15.6. The molecule has 9 aromatic rings. The van der Waals surface area contributed by atoms with Crippen molar-refractivity contribution >= 4 is 69.0 Å². The molecule has 0 atom stereocenters. The van der Waals surface area contributed by atoms with Crippen LogP contribution in [0.2, 0.25) is 0 Å². The van der Waals surface area contributed by atoms with E-state index in [0.29, 0.717) is 0 Å². The summed E-state index contributed by atoms with van der Waals surface area (Å²) in [6, 6.07) is 59.3. The van der Waals surface area contributed by atoms with Gasteiger partial charge in [0.1, 0.15) is 0 Å². The number of hydrogen-bond donors (Lipinski definition) is 0. The summed E-state index contributed by atoms with van der Waals surface area (Å²) in [5, 5.41) is 0. The molecule has 0 bridgehead atoms. The van der Waals surface area contributed by atoms with Gasteiger partial charge in [0, 0.05) is 70.9 Å². The Kier molecular flexibility index (Phi) is 14.2. The van der Waals surface area contributed by atoms with Crippen molar-refractivity contribution in [1.29, 1.82) is 0 Å². The fourth-order valence-corrected chi connectivity index (χ4v) is 12.0. The smallest absolute Gasteiger partial charge is 0.252 e. The second kappa shape index (κ2) is 20.3. The van der Waals surface area contributed by atoms with Gasteiger partial charge in [-0.05, 0) is 146 Å². The maximum Gasteiger partial charge on any atom is 0.252 e. The largest absolute Gasteiger partial charge is 0.311 e. The predicted octanol–water partition coefficient (Wildman–Crippen LogP) is 17.3. The van der Waals surface area contributed by atoms with Crippen molar-refractivity contribution in [3.63, 3.8) is 0 Å². The molecular formula is C70H68BFIrN4S-2. The van der Waals surface area contributed by atoms with Crippen molar-refractivity contribution in [2.75, 3.05) is 9.80 Å². The van der Waals surface area contributed by atoms with Gasteiger partial charge in [-0.3, -0.25) is 4.39 Å². The Morgan fingerprint density at radius 2 is 1.08 bits per heavy atom. The van der Waals surface area contributed by atoms with Crippen LogP contribution in [0, 0.1) is 31.8 Å². The molecule has 0 unspecified atom stereocenters. The number of nitrogens with zero attached hydrogens (tertiary/aromatic N) is 4. The molecule has 5 heterocycles. The molecule has 0 fully saturated rings. The van der Waals surface area contributed by atoms with Crippen molar-refractivity contribution in [2.45, 2.75) is 128 Å². The summed E-state index contributed by atoms with van der Waals surface area (Å²) in [7, 11) is 0. The maximum absolute atomic E-state index is 12.7. The minimum atomic E-state index is -0.275. The molecule has 4 nitrogen and oxygen atoms in total. The van der Waals surface area contributed by atoms with Crippen LogP contribution in [-0.2, 0) is 41.8 Å². The minimum Gasteiger partial charge on any atom is -0.311 e. The molecule has 0 saturated heterocycles. The molecule has 78 heavy (non-hydrogen) atoms. The molecular weight excluding hydrogens is 1150 g/mol. The van der Waals surface area contributed by atoms with Gasteiger partial charge in [-0.1, -0.05) is 166 Å². The van der Waals surface area contributed by atoms with Gasteiger partial charge in [0.2, 0.25) is 0 Å². The summed E-state index contributed by atoms with van der Waals surface area (Å²) >= 11 is 1.95. The van der Waals surface area contributed by atoms with Crippen LogP contribution in [0.15, 0.2) is 168 Å². The first-order chi connectivity index (χ1) is 36.4. The third-order valence-corrected chi connectivity index (χ3v) is 16.7. The Labute approximate surface area is 481 Å². The van der Waals surface area contributed by atoms with Gasteiger partial charge in [0.05, 0.1) is 11.4 Å². The van der Waals surface area contributed by atoms with E-state index in [1.165, 1.54) is 94.6 Å². The molecule has 0 amide bonds. The van der Waals surface area contributed by atoms with E-state index in [9.17, 15) is 4.39 Å². The summed E-state index contributed by atoms with van der Waals surface area (Å²) in [5.41, 5.74) is 25.1. The van der Waals surface area contributed by atoms with Crippen LogP contribution in [0.1, 0.15) is 116 Å². The van der Waals surface area contributed by atoms with Crippen LogP contribution in [0.3, 0.4) is 0 Å². The van der Waals surface area contributed by atoms with E-state index in [1.54, 1.807) is 6.07 Å². The van der Waals surface area contributed by atoms with Gasteiger partial charge >= 0.3 is 0 Å². The number of aryl methyl sites for hydroxylation is 2. The number of fused-ring (bicyclic) bond motifs is 6. The normalized spacial score (nSPS) is 13.3. The van der Waals surface area contributed by atoms with Crippen molar-refractivity contribution in [1.82, 2.24) is 9.97 Å². The summed E-state index contributed by atoms with van der Waals surface area (Å²) < 4.78 is 12.7. The summed E-state index contributed by atoms with van der Waals surface area (Å²) in [5.74, 6) is -0.275. The quantitative estimate of drug-likeness (QED) is 0.130. The van der Waals surface area contributed by atoms with Gasteiger partial charge in [-0.15, -0.1) is 59.7 Å². The van der Waals surface area contributed by atoms with Crippen molar-refractivity contribution in [3.8, 4) is 33.6 Å². The maximum atomic E-state index is 12.7. The first-order valence-electron chi connectivity index (χ1n) is 27.0. The Bertz CT molecular complexity index is 3730. The van der Waals surface area contributed by atoms with Crippen molar-refractivity contribution in [2.24, 2.45) is 0 Å². The number of aromatic nitrogens is 2. The molecule has 2 aromatic heterocycles. The van der Waals surface area contributed by atoms with Crippen molar-refractivity contribution < 1.29 is 24.5 Å². The average molecular weight is 1220 g/mol. The molecule has 7 aromatic carbocycles. The molecule has 0 spiro atoms. The topological polar surface area (TPSA) is 32.3 Å². The summed E-state index contributed by atoms with van der Waals surface area (Å²) in [6.45, 7) is 32.0. The van der Waals surface area contributed by atoms with E-state index in [4.69, 9.17) is 0 Å². The zero-order valence-corrected chi connectivity index (χ0v) is 50.7. The molecule has 3 aliphatic heterocycles. The molecule has 8 heteroatoms. The number of rotatable bonds is 4. The fraction of sp³-hybridized carbons (Fsp3) is 0.257. The monoisotopic (exact) mass is 1220 g/mol. The predicted molar refractivity (Wildman–Crippen MR) is 325 cm³/mol. The van der Waals surface area contributed by atoms with E-state index in [2.05, 4.69) is 224 Å². The van der Waals surface area contributed by atoms with Crippen LogP contribution < -0.4 is 26.2 Å². The summed E-state index contributed by atoms with van der Waals surface area (Å²) in [4.78, 5) is 16.7. The number of halogens is 1. The molecule has 1 radical (unpaired) electrons. The van der Waals surface area contributed by atoms with Crippen LogP contribution in [0.25, 0.3) is 33.6 Å². The first kappa shape index (κ1) is 54.8. The Balaban J connectivity index is 0.000000371. The zero-order valence-electron chi connectivity index (χ0n) is 47.5. The molecule has 0 N–H and O–H groups in total. The molecule has 12 rings (SSSR count). The van der Waals surface area contributed by atoms with Gasteiger partial charge in [-0.2, -0.15) is 0 Å². The first-order valence-corrected chi connectivity index (χ1v) is 27.8. The van der Waals surface area contributed by atoms with Gasteiger partial charge in [0.15, 0.2) is 0 Å². The fourth-order valence-electron chi connectivity index (χ4n) is 10.9. The summed E-state index contributed by atoms with van der Waals surface area (Å²) in [6.07, 6.45) is 3.67. The number of benzene rings is 7. The SMILES string of the molecule is CC(C)(C)c1ccc(N2c3ccc(C(C)(C)C)cc3B3c4cc(C(C)(C)C)cc5c4N(c4ccc(C(C)(C)C)cc4S5)c4cc(-c5c[c-]c(-c6ccccn6)cc5)cc2c43)cc1.Cc1cnc(-c2[c-]cc(F)cc2)cc1C.[Ir]. The van der Waals surface area contributed by atoms with Crippen LogP contribution in [0.4, 0.5) is 38.5 Å². The number of hydrogen-bond acceptors (Lipinski definition) is 5. The van der Waals surface area contributed by atoms with Gasteiger partial charge in [-0.25, -0.2) is 0 Å². The van der Waals surface area contributed by atoms with E-state index < -0.39 is 0 Å². The molecule has 3 aliphatic rings. The van der Waals surface area contributed by atoms with Gasteiger partial charge < -0.3 is 19.8 Å². The van der Waals surface area contributed by atoms with Crippen molar-refractivity contribution in [3.05, 3.63) is 209 Å². The molecule has 0 aliphatic carbocycles. The molecule has 395 valence electrons. The van der Waals surface area contributed by atoms with Crippen LogP contribution in [-0.4, -0.2) is 16.7 Å². The van der Waals surface area contributed by atoms with E-state index >= 15 is 0 Å². The Hall–Kier alpha value is -6.57. The number of pyridine rings is 2. The van der Waals surface area contributed by atoms with E-state index in [0.717, 1.165) is 44.9 Å². The Morgan fingerprint density at radius 1 is 0.487 bits per heavy atom. The molecule has 0 saturated carbocycles. The zero-order chi connectivity index (χ0) is 54.5. The second-order valence-electron chi connectivity index (χ2n) is 25.3. The Morgan fingerprint density at radius 3 is 1.68 bits per heavy atom. The van der Waals surface area contributed by atoms with E-state index in [1.807, 2.05) is 56.2 Å². The third kappa shape index (κ3) is 10.2. The van der Waals surface area contributed by atoms with Crippen LogP contribution >= 0.6 is 11.8 Å². The number of anilines is 6.